The van der Waals surface area contributed by atoms with Crippen molar-refractivity contribution in [3.8, 4) is 5.75 Å². The van der Waals surface area contributed by atoms with Crippen LogP contribution < -0.4 is 14.6 Å². The fourth-order valence-corrected chi connectivity index (χ4v) is 1.90. The fourth-order valence-electron chi connectivity index (χ4n) is 1.52. The van der Waals surface area contributed by atoms with Crippen molar-refractivity contribution in [2.45, 2.75) is 0 Å². The number of carbonyl (C=O) groups excluding carboxylic acids is 1. The first-order chi connectivity index (χ1) is 9.44. The van der Waals surface area contributed by atoms with Crippen molar-refractivity contribution in [1.29, 1.82) is 0 Å². The predicted molar refractivity (Wildman–Crippen MR) is 74.6 cm³/mol. The minimum atomic E-state index is -4.06. The van der Waals surface area contributed by atoms with E-state index in [2.05, 4.69) is 9.50 Å². The molecule has 0 radical (unpaired) electrons. The second-order valence-corrected chi connectivity index (χ2v) is 5.07. The smallest absolute Gasteiger partial charge is 0.371 e. The lowest BCUT2D eigenvalue weighted by Crippen LogP contribution is -2.19. The highest BCUT2D eigenvalue weighted by atomic mass is 32.2. The molecule has 0 unspecified atom stereocenters. The molecule has 2 rings (SSSR count). The highest BCUT2D eigenvalue weighted by Crippen LogP contribution is 2.15. The minimum Gasteiger partial charge on any atom is -0.371 e. The fraction of sp³-hybridized carbons (Fsp3) is 0. The summed E-state index contributed by atoms with van der Waals surface area (Å²) in [4.78, 5) is 11.9. The molecule has 0 aromatic heterocycles. The molecule has 0 aliphatic rings. The van der Waals surface area contributed by atoms with E-state index < -0.39 is 10.3 Å². The Hall–Kier alpha value is -2.38. The third-order valence-electron chi connectivity index (χ3n) is 2.36. The molecule has 0 bridgehead atoms. The van der Waals surface area contributed by atoms with Gasteiger partial charge in [0.25, 0.3) is 5.91 Å². The van der Waals surface area contributed by atoms with E-state index in [-0.39, 0.29) is 11.7 Å². The molecule has 0 heterocycles. The van der Waals surface area contributed by atoms with Crippen LogP contribution in [0.2, 0.25) is 0 Å². The van der Waals surface area contributed by atoms with Crippen LogP contribution >= 0.6 is 0 Å². The first-order valence-electron chi connectivity index (χ1n) is 5.63. The number of para-hydroxylation sites is 1. The van der Waals surface area contributed by atoms with Gasteiger partial charge in [0, 0.05) is 11.3 Å². The first kappa shape index (κ1) is 14.0. The van der Waals surface area contributed by atoms with Gasteiger partial charge in [-0.25, -0.2) is 0 Å². The molecule has 0 fully saturated rings. The lowest BCUT2D eigenvalue weighted by Gasteiger charge is -2.06. The number of rotatable bonds is 4. The molecule has 104 valence electrons. The van der Waals surface area contributed by atoms with Crippen LogP contribution in [0.3, 0.4) is 0 Å². The van der Waals surface area contributed by atoms with Gasteiger partial charge in [0.15, 0.2) is 0 Å². The SMILES string of the molecule is NS(=O)(=O)Oc1ccc(C(=O)Nc2ccccc2)cc1. The quantitative estimate of drug-likeness (QED) is 0.892. The molecule has 0 saturated heterocycles. The van der Waals surface area contributed by atoms with Gasteiger partial charge >= 0.3 is 10.3 Å². The van der Waals surface area contributed by atoms with E-state index in [1.807, 2.05) is 6.07 Å². The molecule has 0 spiro atoms. The monoisotopic (exact) mass is 292 g/mol. The zero-order chi connectivity index (χ0) is 14.6. The maximum Gasteiger partial charge on any atom is 0.380 e. The Balaban J connectivity index is 2.08. The summed E-state index contributed by atoms with van der Waals surface area (Å²) >= 11 is 0. The number of carbonyl (C=O) groups is 1. The molecule has 3 N–H and O–H groups in total. The molecular formula is C13H12N2O4S. The number of nitrogens with two attached hydrogens (primary N) is 1. The van der Waals surface area contributed by atoms with E-state index in [4.69, 9.17) is 5.14 Å². The normalized spacial score (nSPS) is 10.8. The van der Waals surface area contributed by atoms with E-state index in [1.165, 1.54) is 24.3 Å². The van der Waals surface area contributed by atoms with E-state index >= 15 is 0 Å². The molecular weight excluding hydrogens is 280 g/mol. The number of hydrogen-bond donors (Lipinski definition) is 2. The van der Waals surface area contributed by atoms with Gasteiger partial charge in [0.2, 0.25) is 0 Å². The summed E-state index contributed by atoms with van der Waals surface area (Å²) in [5, 5.41) is 7.44. The molecule has 1 amide bonds. The van der Waals surface area contributed by atoms with Crippen molar-refractivity contribution in [1.82, 2.24) is 0 Å². The van der Waals surface area contributed by atoms with Crippen LogP contribution in [0, 0.1) is 0 Å². The number of hydrogen-bond acceptors (Lipinski definition) is 4. The van der Waals surface area contributed by atoms with Crippen LogP contribution in [0.1, 0.15) is 10.4 Å². The standard InChI is InChI=1S/C13H12N2O4S/c14-20(17,18)19-12-8-6-10(7-9-12)13(16)15-11-4-2-1-3-5-11/h1-9H,(H,15,16)(H2,14,17,18). The predicted octanol–water partition coefficient (Wildman–Crippen LogP) is 1.52. The third-order valence-corrected chi connectivity index (χ3v) is 2.79. The van der Waals surface area contributed by atoms with Gasteiger partial charge in [-0.15, -0.1) is 0 Å². The summed E-state index contributed by atoms with van der Waals surface area (Å²) in [7, 11) is -4.06. The number of amides is 1. The van der Waals surface area contributed by atoms with Crippen molar-refractivity contribution in [3.63, 3.8) is 0 Å². The van der Waals surface area contributed by atoms with Crippen LogP contribution in [0.5, 0.6) is 5.75 Å². The second-order valence-electron chi connectivity index (χ2n) is 3.92. The zero-order valence-corrected chi connectivity index (χ0v) is 11.1. The van der Waals surface area contributed by atoms with Gasteiger partial charge in [-0.3, -0.25) is 4.79 Å². The van der Waals surface area contributed by atoms with Crippen molar-refractivity contribution in [3.05, 3.63) is 60.2 Å². The molecule has 2 aromatic carbocycles. The average Bonchev–Trinajstić information content (AvgIpc) is 2.39. The maximum atomic E-state index is 11.9. The van der Waals surface area contributed by atoms with Crippen molar-refractivity contribution < 1.29 is 17.4 Å². The van der Waals surface area contributed by atoms with E-state index in [0.717, 1.165) is 0 Å². The highest BCUT2D eigenvalue weighted by Gasteiger charge is 2.08. The highest BCUT2D eigenvalue weighted by molar-refractivity contribution is 7.84. The van der Waals surface area contributed by atoms with E-state index in [1.54, 1.807) is 24.3 Å². The lowest BCUT2D eigenvalue weighted by atomic mass is 10.2. The second kappa shape index (κ2) is 5.72. The summed E-state index contributed by atoms with van der Waals surface area (Å²) in [5.74, 6) is -0.262. The minimum absolute atomic E-state index is 0.0451. The van der Waals surface area contributed by atoms with Gasteiger partial charge < -0.3 is 9.50 Å². The Morgan fingerprint density at radius 2 is 1.60 bits per heavy atom. The van der Waals surface area contributed by atoms with Gasteiger partial charge in [0.1, 0.15) is 5.75 Å². The van der Waals surface area contributed by atoms with Gasteiger partial charge in [-0.1, -0.05) is 18.2 Å². The largest absolute Gasteiger partial charge is 0.380 e. The van der Waals surface area contributed by atoms with E-state index in [0.29, 0.717) is 11.3 Å². The summed E-state index contributed by atoms with van der Waals surface area (Å²) in [5.41, 5.74) is 1.04. The topological polar surface area (TPSA) is 98.5 Å². The Morgan fingerprint density at radius 1 is 1.00 bits per heavy atom. The van der Waals surface area contributed by atoms with Gasteiger partial charge in [0.05, 0.1) is 0 Å². The van der Waals surface area contributed by atoms with E-state index in [9.17, 15) is 13.2 Å². The molecule has 6 nitrogen and oxygen atoms in total. The van der Waals surface area contributed by atoms with Gasteiger partial charge in [-0.2, -0.15) is 13.6 Å². The molecule has 0 saturated carbocycles. The van der Waals surface area contributed by atoms with Crippen LogP contribution in [-0.4, -0.2) is 14.3 Å². The number of anilines is 1. The molecule has 0 aliphatic carbocycles. The maximum absolute atomic E-state index is 11.9. The number of benzene rings is 2. The Kier molecular flexibility index (Phi) is 4.02. The molecule has 2 aromatic rings. The van der Waals surface area contributed by atoms with Crippen LogP contribution in [0.15, 0.2) is 54.6 Å². The molecule has 0 atom stereocenters. The number of nitrogens with one attached hydrogen (secondary N) is 1. The molecule has 0 aliphatic heterocycles. The molecule has 20 heavy (non-hydrogen) atoms. The van der Waals surface area contributed by atoms with Crippen molar-refractivity contribution >= 4 is 21.9 Å². The Bertz CT molecular complexity index is 697. The zero-order valence-electron chi connectivity index (χ0n) is 10.3. The van der Waals surface area contributed by atoms with Crippen LogP contribution in [0.25, 0.3) is 0 Å². The average molecular weight is 292 g/mol. The van der Waals surface area contributed by atoms with Crippen LogP contribution in [0.4, 0.5) is 5.69 Å². The third kappa shape index (κ3) is 4.08. The van der Waals surface area contributed by atoms with Crippen LogP contribution in [-0.2, 0) is 10.3 Å². The molecule has 7 heteroatoms. The Morgan fingerprint density at radius 3 is 2.15 bits per heavy atom. The summed E-state index contributed by atoms with van der Waals surface area (Å²) in [6, 6.07) is 14.6. The van der Waals surface area contributed by atoms with Gasteiger partial charge in [-0.05, 0) is 36.4 Å². The first-order valence-corrected chi connectivity index (χ1v) is 7.10. The van der Waals surface area contributed by atoms with Crippen molar-refractivity contribution in [2.75, 3.05) is 5.32 Å². The summed E-state index contributed by atoms with van der Waals surface area (Å²) in [6.07, 6.45) is 0. The summed E-state index contributed by atoms with van der Waals surface area (Å²) < 4.78 is 25.9. The summed E-state index contributed by atoms with van der Waals surface area (Å²) in [6.45, 7) is 0. The Labute approximate surface area is 116 Å². The lowest BCUT2D eigenvalue weighted by molar-refractivity contribution is 0.102. The van der Waals surface area contributed by atoms with Crippen molar-refractivity contribution in [2.24, 2.45) is 5.14 Å².